The van der Waals surface area contributed by atoms with Gasteiger partial charge in [-0.05, 0) is 61.4 Å². The van der Waals surface area contributed by atoms with Gasteiger partial charge in [0.2, 0.25) is 0 Å². The summed E-state index contributed by atoms with van der Waals surface area (Å²) in [5.74, 6) is 1.21. The molecule has 1 aromatic heterocycles. The van der Waals surface area contributed by atoms with Crippen molar-refractivity contribution in [1.29, 1.82) is 0 Å². The average Bonchev–Trinajstić information content (AvgIpc) is 3.49. The van der Waals surface area contributed by atoms with Crippen LogP contribution in [0.1, 0.15) is 12.8 Å². The van der Waals surface area contributed by atoms with Gasteiger partial charge in [-0.3, -0.25) is 9.69 Å². The maximum atomic E-state index is 13.1. The Bertz CT molecular complexity index is 1000. The molecule has 0 radical (unpaired) electrons. The Labute approximate surface area is 190 Å². The van der Waals surface area contributed by atoms with E-state index in [2.05, 4.69) is 0 Å². The first-order valence-corrected chi connectivity index (χ1v) is 11.3. The number of thiazole rings is 1. The zero-order chi connectivity index (χ0) is 21.6. The molecule has 3 aromatic rings. The van der Waals surface area contributed by atoms with Crippen LogP contribution in [0.3, 0.4) is 0 Å². The van der Waals surface area contributed by atoms with Gasteiger partial charge in [0.05, 0.1) is 25.5 Å². The van der Waals surface area contributed by atoms with Crippen LogP contribution in [0.4, 0.5) is 5.13 Å². The van der Waals surface area contributed by atoms with E-state index in [0.717, 1.165) is 36.5 Å². The summed E-state index contributed by atoms with van der Waals surface area (Å²) < 4.78 is 16.7. The van der Waals surface area contributed by atoms with E-state index in [1.54, 1.807) is 36.3 Å². The largest absolute Gasteiger partial charge is 0.497 e. The molecular formula is C23H23ClN2O4S. The van der Waals surface area contributed by atoms with Crippen molar-refractivity contribution in [2.45, 2.75) is 18.9 Å². The molecule has 0 saturated carbocycles. The van der Waals surface area contributed by atoms with Crippen LogP contribution in [-0.4, -0.2) is 43.9 Å². The Balaban J connectivity index is 1.50. The van der Waals surface area contributed by atoms with Crippen LogP contribution in [-0.2, 0) is 9.53 Å². The van der Waals surface area contributed by atoms with Crippen molar-refractivity contribution in [3.63, 3.8) is 0 Å². The summed E-state index contributed by atoms with van der Waals surface area (Å²) in [6.07, 6.45) is 1.94. The van der Waals surface area contributed by atoms with Crippen molar-refractivity contribution in [1.82, 2.24) is 4.98 Å². The number of amides is 1. The lowest BCUT2D eigenvalue weighted by Gasteiger charge is -2.23. The van der Waals surface area contributed by atoms with Crippen molar-refractivity contribution in [3.05, 3.63) is 58.9 Å². The molecule has 0 N–H and O–H groups in total. The molecule has 0 bridgehead atoms. The van der Waals surface area contributed by atoms with Crippen LogP contribution in [0.5, 0.6) is 11.5 Å². The molecule has 0 unspecified atom stereocenters. The lowest BCUT2D eigenvalue weighted by atomic mass is 10.2. The van der Waals surface area contributed by atoms with Crippen molar-refractivity contribution in [3.8, 4) is 22.8 Å². The SMILES string of the molecule is COc1ccc(-c2csc(N(C[C@H]3CCCO3)C(=O)COc3ccc(Cl)cc3)n2)cc1. The number of carbonyl (C=O) groups is 1. The predicted octanol–water partition coefficient (Wildman–Crippen LogP) is 5.06. The van der Waals surface area contributed by atoms with Gasteiger partial charge in [-0.2, -0.15) is 0 Å². The summed E-state index contributed by atoms with van der Waals surface area (Å²) in [6.45, 7) is 1.09. The number of ether oxygens (including phenoxy) is 3. The van der Waals surface area contributed by atoms with Crippen molar-refractivity contribution in [2.24, 2.45) is 0 Å². The summed E-state index contributed by atoms with van der Waals surface area (Å²) in [5.41, 5.74) is 1.77. The van der Waals surface area contributed by atoms with Gasteiger partial charge in [0.1, 0.15) is 11.5 Å². The number of carbonyl (C=O) groups excluding carboxylic acids is 1. The molecule has 1 fully saturated rings. The minimum Gasteiger partial charge on any atom is -0.497 e. The van der Waals surface area contributed by atoms with Crippen LogP contribution in [0, 0.1) is 0 Å². The average molecular weight is 459 g/mol. The molecule has 0 spiro atoms. The predicted molar refractivity (Wildman–Crippen MR) is 122 cm³/mol. The molecule has 1 aliphatic rings. The fraction of sp³-hybridized carbons (Fsp3) is 0.304. The minimum absolute atomic E-state index is 0.00724. The minimum atomic E-state index is -0.166. The third kappa shape index (κ3) is 5.55. The van der Waals surface area contributed by atoms with E-state index in [1.807, 2.05) is 29.6 Å². The van der Waals surface area contributed by atoms with Crippen LogP contribution in [0.25, 0.3) is 11.3 Å². The quantitative estimate of drug-likeness (QED) is 0.472. The molecule has 1 saturated heterocycles. The van der Waals surface area contributed by atoms with Gasteiger partial charge in [-0.1, -0.05) is 11.6 Å². The summed E-state index contributed by atoms with van der Waals surface area (Å²) in [6, 6.07) is 14.6. The zero-order valence-corrected chi connectivity index (χ0v) is 18.7. The van der Waals surface area contributed by atoms with Crippen molar-refractivity contribution < 1.29 is 19.0 Å². The first kappa shape index (κ1) is 21.6. The lowest BCUT2D eigenvalue weighted by molar-refractivity contribution is -0.120. The molecule has 31 heavy (non-hydrogen) atoms. The summed E-state index contributed by atoms with van der Waals surface area (Å²) in [5, 5.41) is 3.20. The van der Waals surface area contributed by atoms with Crippen LogP contribution in [0.15, 0.2) is 53.9 Å². The number of hydrogen-bond acceptors (Lipinski definition) is 6. The van der Waals surface area contributed by atoms with Crippen LogP contribution in [0.2, 0.25) is 5.02 Å². The second kappa shape index (κ2) is 10.1. The van der Waals surface area contributed by atoms with E-state index >= 15 is 0 Å². The number of hydrogen-bond donors (Lipinski definition) is 0. The molecule has 8 heteroatoms. The maximum Gasteiger partial charge on any atom is 0.266 e. The third-order valence-corrected chi connectivity index (χ3v) is 6.11. The summed E-state index contributed by atoms with van der Waals surface area (Å²) >= 11 is 7.34. The number of rotatable bonds is 8. The highest BCUT2D eigenvalue weighted by Gasteiger charge is 2.26. The molecule has 4 rings (SSSR count). The Hall–Kier alpha value is -2.61. The maximum absolute atomic E-state index is 13.1. The smallest absolute Gasteiger partial charge is 0.266 e. The highest BCUT2D eigenvalue weighted by atomic mass is 35.5. The number of aromatic nitrogens is 1. The van der Waals surface area contributed by atoms with Gasteiger partial charge in [-0.25, -0.2) is 4.98 Å². The van der Waals surface area contributed by atoms with E-state index < -0.39 is 0 Å². The Morgan fingerprint density at radius 3 is 2.61 bits per heavy atom. The number of anilines is 1. The molecule has 162 valence electrons. The van der Waals surface area contributed by atoms with Crippen molar-refractivity contribution in [2.75, 3.05) is 31.8 Å². The van der Waals surface area contributed by atoms with Gasteiger partial charge in [-0.15, -0.1) is 11.3 Å². The fourth-order valence-corrected chi connectivity index (χ4v) is 4.30. The number of methoxy groups -OCH3 is 1. The lowest BCUT2D eigenvalue weighted by Crippen LogP contribution is -2.40. The zero-order valence-electron chi connectivity index (χ0n) is 17.1. The van der Waals surface area contributed by atoms with Gasteiger partial charge in [0, 0.05) is 22.6 Å². The molecule has 6 nitrogen and oxygen atoms in total. The summed E-state index contributed by atoms with van der Waals surface area (Å²) in [7, 11) is 1.64. The fourth-order valence-electron chi connectivity index (χ4n) is 3.31. The molecule has 0 aliphatic carbocycles. The molecular weight excluding hydrogens is 436 g/mol. The second-order valence-electron chi connectivity index (χ2n) is 7.13. The van der Waals surface area contributed by atoms with E-state index in [-0.39, 0.29) is 18.6 Å². The third-order valence-electron chi connectivity index (χ3n) is 5.00. The normalized spacial score (nSPS) is 15.6. The number of benzene rings is 2. The Morgan fingerprint density at radius 2 is 1.94 bits per heavy atom. The van der Waals surface area contributed by atoms with Gasteiger partial charge in [0.25, 0.3) is 5.91 Å². The van der Waals surface area contributed by atoms with Gasteiger partial charge in [0.15, 0.2) is 11.7 Å². The first-order chi connectivity index (χ1) is 15.1. The molecule has 2 aromatic carbocycles. The van der Waals surface area contributed by atoms with Gasteiger partial charge < -0.3 is 14.2 Å². The highest BCUT2D eigenvalue weighted by Crippen LogP contribution is 2.30. The molecule has 1 atom stereocenters. The van der Waals surface area contributed by atoms with E-state index in [4.69, 9.17) is 30.8 Å². The topological polar surface area (TPSA) is 60.9 Å². The molecule has 1 amide bonds. The standard InChI is InChI=1S/C23H23ClN2O4S/c1-28-18-8-4-16(5-9-18)21-15-31-23(25-21)26(13-20-3-2-12-29-20)22(27)14-30-19-10-6-17(24)7-11-19/h4-11,15,20H,2-3,12-14H2,1H3/t20-/m1/s1. The Morgan fingerprint density at radius 1 is 1.19 bits per heavy atom. The van der Waals surface area contributed by atoms with Crippen LogP contribution < -0.4 is 14.4 Å². The van der Waals surface area contributed by atoms with Crippen molar-refractivity contribution >= 4 is 34.0 Å². The van der Waals surface area contributed by atoms with E-state index in [9.17, 15) is 4.79 Å². The van der Waals surface area contributed by atoms with Crippen LogP contribution >= 0.6 is 22.9 Å². The number of halogens is 1. The highest BCUT2D eigenvalue weighted by molar-refractivity contribution is 7.14. The number of nitrogens with zero attached hydrogens (tertiary/aromatic N) is 2. The van der Waals surface area contributed by atoms with E-state index in [1.165, 1.54) is 11.3 Å². The monoisotopic (exact) mass is 458 g/mol. The summed E-state index contributed by atoms with van der Waals surface area (Å²) in [4.78, 5) is 19.5. The molecule has 2 heterocycles. The first-order valence-electron chi connectivity index (χ1n) is 10.0. The second-order valence-corrected chi connectivity index (χ2v) is 8.40. The van der Waals surface area contributed by atoms with E-state index in [0.29, 0.717) is 22.4 Å². The molecule has 1 aliphatic heterocycles. The van der Waals surface area contributed by atoms with Gasteiger partial charge >= 0.3 is 0 Å². The Kier molecular flexibility index (Phi) is 7.06.